The fourth-order valence-electron chi connectivity index (χ4n) is 1.30. The molecule has 2 heteroatoms. The Hall–Kier alpha value is -0.790. The zero-order chi connectivity index (χ0) is 7.61. The number of carboxylic acids is 1. The highest BCUT2D eigenvalue weighted by atomic mass is 16.4. The summed E-state index contributed by atoms with van der Waals surface area (Å²) in [5.74, 6) is -0.903. The summed E-state index contributed by atoms with van der Waals surface area (Å²) in [5, 5.41) is 10.6. The lowest BCUT2D eigenvalue weighted by molar-refractivity contribution is -0.319. The molecule has 1 aliphatic rings. The predicted octanol–water partition coefficient (Wildman–Crippen LogP) is 0.483. The molecule has 0 aromatic heterocycles. The smallest absolute Gasteiger partial charge is 0.0482 e. The van der Waals surface area contributed by atoms with Crippen molar-refractivity contribution in [2.24, 2.45) is 5.41 Å². The molecule has 0 aromatic rings. The lowest BCUT2D eigenvalue weighted by atomic mass is 9.83. The molecule has 0 saturated carbocycles. The molecule has 0 atom stereocenters. The van der Waals surface area contributed by atoms with Crippen LogP contribution in [0, 0.1) is 5.41 Å². The summed E-state index contributed by atoms with van der Waals surface area (Å²) in [5.41, 5.74) is -0.569. The van der Waals surface area contributed by atoms with Crippen LogP contribution in [0.25, 0.3) is 0 Å². The first-order valence-corrected chi connectivity index (χ1v) is 3.58. The lowest BCUT2D eigenvalue weighted by Crippen LogP contribution is -2.40. The summed E-state index contributed by atoms with van der Waals surface area (Å²) in [7, 11) is 0. The molecular formula is C8H11O2-. The highest BCUT2D eigenvalue weighted by Crippen LogP contribution is 2.35. The topological polar surface area (TPSA) is 40.1 Å². The van der Waals surface area contributed by atoms with Gasteiger partial charge in [-0.25, -0.2) is 0 Å². The Bertz CT molecular complexity index is 162. The van der Waals surface area contributed by atoms with Crippen molar-refractivity contribution in [2.75, 3.05) is 0 Å². The first-order chi connectivity index (χ1) is 4.71. The molecule has 0 spiro atoms. The van der Waals surface area contributed by atoms with E-state index in [0.717, 1.165) is 0 Å². The molecule has 0 fully saturated rings. The first kappa shape index (κ1) is 7.32. The van der Waals surface area contributed by atoms with Crippen molar-refractivity contribution in [3.05, 3.63) is 12.2 Å². The zero-order valence-electron chi connectivity index (χ0n) is 6.09. The number of hydrogen-bond acceptors (Lipinski definition) is 2. The zero-order valence-corrected chi connectivity index (χ0v) is 6.09. The van der Waals surface area contributed by atoms with Crippen molar-refractivity contribution in [1.82, 2.24) is 0 Å². The van der Waals surface area contributed by atoms with Gasteiger partial charge in [0.1, 0.15) is 0 Å². The Morgan fingerprint density at radius 2 is 2.10 bits per heavy atom. The van der Waals surface area contributed by atoms with Gasteiger partial charge in [-0.05, 0) is 19.3 Å². The van der Waals surface area contributed by atoms with Gasteiger partial charge in [0.15, 0.2) is 0 Å². The SMILES string of the molecule is CCC1(C(=O)[O-])CC=CC1. The highest BCUT2D eigenvalue weighted by Gasteiger charge is 2.29. The molecule has 0 aliphatic heterocycles. The summed E-state index contributed by atoms with van der Waals surface area (Å²) in [6, 6.07) is 0. The molecule has 0 heterocycles. The van der Waals surface area contributed by atoms with E-state index in [0.29, 0.717) is 19.3 Å². The molecule has 0 radical (unpaired) electrons. The minimum atomic E-state index is -0.903. The van der Waals surface area contributed by atoms with Crippen molar-refractivity contribution in [3.8, 4) is 0 Å². The fraction of sp³-hybridized carbons (Fsp3) is 0.625. The monoisotopic (exact) mass is 139 g/mol. The van der Waals surface area contributed by atoms with E-state index in [4.69, 9.17) is 0 Å². The van der Waals surface area contributed by atoms with Gasteiger partial charge in [0.25, 0.3) is 0 Å². The fourth-order valence-corrected chi connectivity index (χ4v) is 1.30. The minimum absolute atomic E-state index is 0.569. The number of rotatable bonds is 2. The second kappa shape index (κ2) is 2.45. The Balaban J connectivity index is 2.70. The number of aliphatic carboxylic acids is 1. The van der Waals surface area contributed by atoms with Crippen LogP contribution in [0.5, 0.6) is 0 Å². The van der Waals surface area contributed by atoms with Gasteiger partial charge >= 0.3 is 0 Å². The van der Waals surface area contributed by atoms with E-state index in [1.54, 1.807) is 0 Å². The molecule has 10 heavy (non-hydrogen) atoms. The summed E-state index contributed by atoms with van der Waals surface area (Å²) >= 11 is 0. The second-order valence-corrected chi connectivity index (χ2v) is 2.80. The highest BCUT2D eigenvalue weighted by molar-refractivity contribution is 5.73. The quantitative estimate of drug-likeness (QED) is 0.522. The van der Waals surface area contributed by atoms with Gasteiger partial charge in [-0.1, -0.05) is 19.1 Å². The Kier molecular flexibility index (Phi) is 1.79. The number of allylic oxidation sites excluding steroid dienone is 2. The lowest BCUT2D eigenvalue weighted by Gasteiger charge is -2.28. The van der Waals surface area contributed by atoms with E-state index >= 15 is 0 Å². The van der Waals surface area contributed by atoms with Crippen LogP contribution in [-0.4, -0.2) is 5.97 Å². The van der Waals surface area contributed by atoms with Crippen LogP contribution in [0.4, 0.5) is 0 Å². The summed E-state index contributed by atoms with van der Waals surface area (Å²) in [6.45, 7) is 1.89. The summed E-state index contributed by atoms with van der Waals surface area (Å²) in [4.78, 5) is 10.6. The Labute approximate surface area is 60.6 Å². The second-order valence-electron chi connectivity index (χ2n) is 2.80. The van der Waals surface area contributed by atoms with Crippen molar-refractivity contribution >= 4 is 5.97 Å². The normalized spacial score (nSPS) is 21.3. The molecule has 0 bridgehead atoms. The van der Waals surface area contributed by atoms with Crippen LogP contribution in [0.2, 0.25) is 0 Å². The van der Waals surface area contributed by atoms with Gasteiger partial charge in [-0.2, -0.15) is 0 Å². The van der Waals surface area contributed by atoms with Crippen LogP contribution >= 0.6 is 0 Å². The van der Waals surface area contributed by atoms with Crippen LogP contribution in [0.15, 0.2) is 12.2 Å². The Morgan fingerprint density at radius 1 is 1.60 bits per heavy atom. The Morgan fingerprint density at radius 3 is 2.30 bits per heavy atom. The molecule has 0 amide bonds. The first-order valence-electron chi connectivity index (χ1n) is 3.58. The summed E-state index contributed by atoms with van der Waals surface area (Å²) < 4.78 is 0. The average molecular weight is 139 g/mol. The number of carboxylic acid groups (broad SMARTS) is 1. The van der Waals surface area contributed by atoms with E-state index < -0.39 is 11.4 Å². The predicted molar refractivity (Wildman–Crippen MR) is 36.1 cm³/mol. The standard InChI is InChI=1S/C8H12O2/c1-2-8(7(9)10)5-3-4-6-8/h3-4H,2,5-6H2,1H3,(H,9,10)/p-1. The van der Waals surface area contributed by atoms with E-state index in [-0.39, 0.29) is 0 Å². The van der Waals surface area contributed by atoms with Gasteiger partial charge in [0.2, 0.25) is 0 Å². The molecule has 0 unspecified atom stereocenters. The van der Waals surface area contributed by atoms with Gasteiger partial charge in [0, 0.05) is 11.4 Å². The van der Waals surface area contributed by atoms with Crippen LogP contribution in [-0.2, 0) is 4.79 Å². The number of carbonyl (C=O) groups is 1. The molecule has 0 saturated heterocycles. The third kappa shape index (κ3) is 0.939. The van der Waals surface area contributed by atoms with Gasteiger partial charge < -0.3 is 9.90 Å². The third-order valence-corrected chi connectivity index (χ3v) is 2.29. The maximum atomic E-state index is 10.6. The number of carbonyl (C=O) groups excluding carboxylic acids is 1. The van der Waals surface area contributed by atoms with Crippen molar-refractivity contribution in [3.63, 3.8) is 0 Å². The van der Waals surface area contributed by atoms with Crippen LogP contribution < -0.4 is 5.11 Å². The molecule has 56 valence electrons. The third-order valence-electron chi connectivity index (χ3n) is 2.29. The molecular weight excluding hydrogens is 128 g/mol. The van der Waals surface area contributed by atoms with Crippen LogP contribution in [0.3, 0.4) is 0 Å². The molecule has 0 aromatic carbocycles. The van der Waals surface area contributed by atoms with Crippen LogP contribution in [0.1, 0.15) is 26.2 Å². The van der Waals surface area contributed by atoms with E-state index in [1.165, 1.54) is 0 Å². The largest absolute Gasteiger partial charge is 0.550 e. The maximum absolute atomic E-state index is 10.6. The summed E-state index contributed by atoms with van der Waals surface area (Å²) in [6.07, 6.45) is 5.79. The van der Waals surface area contributed by atoms with Gasteiger partial charge in [0.05, 0.1) is 0 Å². The van der Waals surface area contributed by atoms with Crippen molar-refractivity contribution in [2.45, 2.75) is 26.2 Å². The van der Waals surface area contributed by atoms with Gasteiger partial charge in [-0.3, -0.25) is 0 Å². The average Bonchev–Trinajstić information content (AvgIpc) is 2.35. The van der Waals surface area contributed by atoms with Crippen molar-refractivity contribution in [1.29, 1.82) is 0 Å². The number of hydrogen-bond donors (Lipinski definition) is 0. The maximum Gasteiger partial charge on any atom is 0.0482 e. The minimum Gasteiger partial charge on any atom is -0.550 e. The van der Waals surface area contributed by atoms with Crippen molar-refractivity contribution < 1.29 is 9.90 Å². The van der Waals surface area contributed by atoms with Gasteiger partial charge in [-0.15, -0.1) is 0 Å². The van der Waals surface area contributed by atoms with E-state index in [9.17, 15) is 9.90 Å². The molecule has 2 nitrogen and oxygen atoms in total. The van der Waals surface area contributed by atoms with E-state index in [2.05, 4.69) is 0 Å². The molecule has 1 aliphatic carbocycles. The molecule has 0 N–H and O–H groups in total. The van der Waals surface area contributed by atoms with E-state index in [1.807, 2.05) is 19.1 Å². The molecule has 1 rings (SSSR count).